The summed E-state index contributed by atoms with van der Waals surface area (Å²) in [5.41, 5.74) is 0. The van der Waals surface area contributed by atoms with Crippen LogP contribution >= 0.6 is 23.1 Å². The number of nitrogens with zero attached hydrogens (tertiary/aromatic N) is 2. The van der Waals surface area contributed by atoms with Gasteiger partial charge >= 0.3 is 0 Å². The van der Waals surface area contributed by atoms with Gasteiger partial charge in [0, 0.05) is 13.2 Å². The van der Waals surface area contributed by atoms with E-state index in [1.807, 2.05) is 11.4 Å². The van der Waals surface area contributed by atoms with Crippen LogP contribution in [-0.4, -0.2) is 47.0 Å². The third kappa shape index (κ3) is 5.52. The molecule has 0 saturated carbocycles. The Kier molecular flexibility index (Phi) is 6.37. The number of aromatic nitrogens is 2. The number of hydrogen-bond acceptors (Lipinski definition) is 7. The predicted octanol–water partition coefficient (Wildman–Crippen LogP) is 2.18. The number of anilines is 1. The summed E-state index contributed by atoms with van der Waals surface area (Å²) in [7, 11) is 0. The molecule has 0 radical (unpaired) electrons. The highest BCUT2D eigenvalue weighted by molar-refractivity contribution is 7.99. The largest absolute Gasteiger partial charge is 0.376 e. The van der Waals surface area contributed by atoms with Crippen LogP contribution in [0.1, 0.15) is 22.5 Å². The van der Waals surface area contributed by atoms with Gasteiger partial charge in [-0.25, -0.2) is 0 Å². The monoisotopic (exact) mass is 378 g/mol. The van der Waals surface area contributed by atoms with Crippen LogP contribution in [0.15, 0.2) is 34.7 Å². The fourth-order valence-electron chi connectivity index (χ4n) is 2.27. The molecule has 3 rings (SSSR count). The summed E-state index contributed by atoms with van der Waals surface area (Å²) < 4.78 is 5.46. The number of nitrogens with one attached hydrogen (secondary N) is 2. The second-order valence-electron chi connectivity index (χ2n) is 5.42. The van der Waals surface area contributed by atoms with Crippen molar-refractivity contribution in [2.24, 2.45) is 0 Å². The molecule has 7 nitrogen and oxygen atoms in total. The number of hydrogen-bond donors (Lipinski definition) is 2. The molecule has 1 fully saturated rings. The van der Waals surface area contributed by atoms with E-state index in [-0.39, 0.29) is 23.7 Å². The summed E-state index contributed by atoms with van der Waals surface area (Å²) in [6.45, 7) is 1.33. The van der Waals surface area contributed by atoms with Gasteiger partial charge in [0.15, 0.2) is 5.82 Å². The lowest BCUT2D eigenvalue weighted by atomic mass is 10.2. The molecule has 9 heteroatoms. The van der Waals surface area contributed by atoms with Crippen LogP contribution < -0.4 is 10.6 Å². The van der Waals surface area contributed by atoms with Crippen LogP contribution in [0, 0.1) is 0 Å². The first kappa shape index (κ1) is 17.8. The third-order valence-electron chi connectivity index (χ3n) is 3.53. The molecule has 0 aromatic carbocycles. The van der Waals surface area contributed by atoms with Crippen molar-refractivity contribution in [2.45, 2.75) is 24.0 Å². The minimum atomic E-state index is -0.210. The Bertz CT molecular complexity index is 701. The Hall–Kier alpha value is -1.97. The Morgan fingerprint density at radius 2 is 2.24 bits per heavy atom. The molecule has 3 heterocycles. The molecule has 2 N–H and O–H groups in total. The second-order valence-corrected chi connectivity index (χ2v) is 7.36. The molecule has 1 aliphatic rings. The molecule has 0 spiro atoms. The van der Waals surface area contributed by atoms with E-state index in [0.717, 1.165) is 19.4 Å². The Labute approximate surface area is 153 Å². The molecule has 0 bridgehead atoms. The summed E-state index contributed by atoms with van der Waals surface area (Å²) in [6.07, 6.45) is 2.19. The topological polar surface area (TPSA) is 93.2 Å². The van der Waals surface area contributed by atoms with Crippen molar-refractivity contribution in [3.8, 4) is 0 Å². The van der Waals surface area contributed by atoms with E-state index in [4.69, 9.17) is 4.74 Å². The number of carbonyl (C=O) groups is 2. The molecular formula is C16H18N4O3S2. The minimum Gasteiger partial charge on any atom is -0.376 e. The Morgan fingerprint density at radius 3 is 2.92 bits per heavy atom. The molecule has 132 valence electrons. The lowest BCUT2D eigenvalue weighted by Crippen LogP contribution is -2.32. The van der Waals surface area contributed by atoms with Crippen LogP contribution in [-0.2, 0) is 9.53 Å². The molecule has 1 saturated heterocycles. The van der Waals surface area contributed by atoms with E-state index in [0.29, 0.717) is 22.3 Å². The maximum absolute atomic E-state index is 11.9. The fourth-order valence-corrected chi connectivity index (χ4v) is 3.54. The van der Waals surface area contributed by atoms with Gasteiger partial charge < -0.3 is 15.4 Å². The highest BCUT2D eigenvalue weighted by Crippen LogP contribution is 2.16. The van der Waals surface area contributed by atoms with Crippen molar-refractivity contribution in [3.05, 3.63) is 34.5 Å². The zero-order chi connectivity index (χ0) is 17.5. The Morgan fingerprint density at radius 1 is 1.32 bits per heavy atom. The zero-order valence-corrected chi connectivity index (χ0v) is 15.1. The van der Waals surface area contributed by atoms with Gasteiger partial charge in [-0.2, -0.15) is 0 Å². The third-order valence-corrected chi connectivity index (χ3v) is 5.32. The number of thioether (sulfide) groups is 1. The first-order chi connectivity index (χ1) is 12.2. The van der Waals surface area contributed by atoms with E-state index in [1.54, 1.807) is 18.2 Å². The first-order valence-electron chi connectivity index (χ1n) is 7.90. The van der Waals surface area contributed by atoms with Gasteiger partial charge in [0.05, 0.1) is 16.7 Å². The smallest absolute Gasteiger partial charge is 0.266 e. The SMILES string of the molecule is O=C(CSc1ccc(NC(=O)c2cccs2)nn1)NC[C@@H]1CCCO1. The molecular weight excluding hydrogens is 360 g/mol. The first-order valence-corrected chi connectivity index (χ1v) is 9.77. The second kappa shape index (κ2) is 8.93. The average Bonchev–Trinajstić information content (AvgIpc) is 3.33. The van der Waals surface area contributed by atoms with Crippen LogP contribution in [0.25, 0.3) is 0 Å². The molecule has 0 unspecified atom stereocenters. The number of amides is 2. The molecule has 25 heavy (non-hydrogen) atoms. The van der Waals surface area contributed by atoms with Gasteiger partial charge in [-0.1, -0.05) is 17.8 Å². The van der Waals surface area contributed by atoms with Gasteiger partial charge in [-0.05, 0) is 36.4 Å². The van der Waals surface area contributed by atoms with E-state index < -0.39 is 0 Å². The van der Waals surface area contributed by atoms with Crippen LogP contribution in [0.4, 0.5) is 5.82 Å². The van der Waals surface area contributed by atoms with Gasteiger partial charge in [0.25, 0.3) is 5.91 Å². The highest BCUT2D eigenvalue weighted by atomic mass is 32.2. The van der Waals surface area contributed by atoms with Crippen LogP contribution in [0.5, 0.6) is 0 Å². The minimum absolute atomic E-state index is 0.0580. The lowest BCUT2D eigenvalue weighted by molar-refractivity contribution is -0.119. The van der Waals surface area contributed by atoms with Crippen LogP contribution in [0.3, 0.4) is 0 Å². The van der Waals surface area contributed by atoms with Gasteiger partial charge in [-0.3, -0.25) is 9.59 Å². The molecule has 2 aromatic heterocycles. The van der Waals surface area contributed by atoms with Crippen molar-refractivity contribution in [3.63, 3.8) is 0 Å². The van der Waals surface area contributed by atoms with Crippen molar-refractivity contribution in [1.29, 1.82) is 0 Å². The van der Waals surface area contributed by atoms with E-state index in [9.17, 15) is 9.59 Å². The fraction of sp³-hybridized carbons (Fsp3) is 0.375. The summed E-state index contributed by atoms with van der Waals surface area (Å²) in [6, 6.07) is 6.96. The number of ether oxygens (including phenoxy) is 1. The standard InChI is InChI=1S/C16H18N4O3S2/c21-14(17-9-11-3-1-7-23-11)10-25-15-6-5-13(19-20-15)18-16(22)12-4-2-8-24-12/h2,4-6,8,11H,1,3,7,9-10H2,(H,17,21)(H,18,19,22)/t11-/m0/s1. The van der Waals surface area contributed by atoms with Crippen molar-refractivity contribution in [2.75, 3.05) is 24.2 Å². The van der Waals surface area contributed by atoms with Gasteiger partial charge in [0.2, 0.25) is 5.91 Å². The summed E-state index contributed by atoms with van der Waals surface area (Å²) in [5.74, 6) is 0.378. The summed E-state index contributed by atoms with van der Waals surface area (Å²) >= 11 is 2.66. The van der Waals surface area contributed by atoms with Gasteiger partial charge in [-0.15, -0.1) is 21.5 Å². The van der Waals surface area contributed by atoms with Crippen LogP contribution in [0.2, 0.25) is 0 Å². The molecule has 2 aromatic rings. The quantitative estimate of drug-likeness (QED) is 0.718. The summed E-state index contributed by atoms with van der Waals surface area (Å²) in [5, 5.41) is 16.0. The zero-order valence-electron chi connectivity index (χ0n) is 13.4. The van der Waals surface area contributed by atoms with Crippen molar-refractivity contribution >= 4 is 40.7 Å². The molecule has 1 aliphatic heterocycles. The predicted molar refractivity (Wildman–Crippen MR) is 97.0 cm³/mol. The highest BCUT2D eigenvalue weighted by Gasteiger charge is 2.16. The van der Waals surface area contributed by atoms with Crippen molar-refractivity contribution < 1.29 is 14.3 Å². The lowest BCUT2D eigenvalue weighted by Gasteiger charge is -2.10. The average molecular weight is 378 g/mol. The molecule has 0 aliphatic carbocycles. The van der Waals surface area contributed by atoms with E-state index >= 15 is 0 Å². The number of thiophene rings is 1. The number of carbonyl (C=O) groups excluding carboxylic acids is 2. The van der Waals surface area contributed by atoms with Gasteiger partial charge in [0.1, 0.15) is 5.03 Å². The van der Waals surface area contributed by atoms with E-state index in [1.165, 1.54) is 23.1 Å². The maximum Gasteiger partial charge on any atom is 0.266 e. The normalized spacial score (nSPS) is 16.6. The molecule has 2 amide bonds. The number of rotatable bonds is 7. The van der Waals surface area contributed by atoms with E-state index in [2.05, 4.69) is 20.8 Å². The Balaban J connectivity index is 1.41. The van der Waals surface area contributed by atoms with Crippen molar-refractivity contribution in [1.82, 2.24) is 15.5 Å². The summed E-state index contributed by atoms with van der Waals surface area (Å²) in [4.78, 5) is 24.4. The molecule has 1 atom stereocenters. The maximum atomic E-state index is 11.9.